The van der Waals surface area contributed by atoms with Crippen LogP contribution in [0.3, 0.4) is 0 Å². The molecule has 0 amide bonds. The second kappa shape index (κ2) is 11.8. The largest absolute Gasteiger partial charge is 0.0885 e. The number of allylic oxidation sites excluding steroid dienone is 3. The predicted octanol–water partition coefficient (Wildman–Crippen LogP) is 6.40. The molecule has 0 heterocycles. The van der Waals surface area contributed by atoms with E-state index in [-0.39, 0.29) is 0 Å². The Morgan fingerprint density at radius 3 is 2.21 bits per heavy atom. The summed E-state index contributed by atoms with van der Waals surface area (Å²) in [7, 11) is 0. The van der Waals surface area contributed by atoms with Crippen molar-refractivity contribution in [1.29, 1.82) is 0 Å². The lowest BCUT2D eigenvalue weighted by Gasteiger charge is -1.96. The fourth-order valence-electron chi connectivity index (χ4n) is 2.08. The van der Waals surface area contributed by atoms with Gasteiger partial charge < -0.3 is 0 Å². The monoisotopic (exact) mass is 256 g/mol. The molecule has 0 aliphatic heterocycles. The van der Waals surface area contributed by atoms with Gasteiger partial charge in [-0.25, -0.2) is 0 Å². The van der Waals surface area contributed by atoms with E-state index in [0.717, 1.165) is 12.8 Å². The average molecular weight is 256 g/mol. The third-order valence-electron chi connectivity index (χ3n) is 3.25. The van der Waals surface area contributed by atoms with Crippen LogP contribution in [0.25, 0.3) is 6.08 Å². The molecule has 0 heteroatoms. The van der Waals surface area contributed by atoms with Crippen molar-refractivity contribution in [3.8, 4) is 0 Å². The molecule has 0 radical (unpaired) electrons. The second-order valence-electron chi connectivity index (χ2n) is 5.06. The standard InChI is InChI=1S/C19H28/c1-2-3-4-5-6-7-8-9-10-11-13-16-19-17-14-12-15-18-19/h8-9,12-18H,2-7,10-11H2,1H3/b9-8+,16-13+. The highest BCUT2D eigenvalue weighted by Gasteiger charge is 1.86. The molecule has 19 heavy (non-hydrogen) atoms. The van der Waals surface area contributed by atoms with Gasteiger partial charge in [0.2, 0.25) is 0 Å². The summed E-state index contributed by atoms with van der Waals surface area (Å²) < 4.78 is 0. The third-order valence-corrected chi connectivity index (χ3v) is 3.25. The van der Waals surface area contributed by atoms with Gasteiger partial charge in [-0.2, -0.15) is 0 Å². The first-order valence-corrected chi connectivity index (χ1v) is 7.80. The molecular weight excluding hydrogens is 228 g/mol. The van der Waals surface area contributed by atoms with Crippen LogP contribution in [0.5, 0.6) is 0 Å². The molecule has 0 aromatic heterocycles. The number of hydrogen-bond acceptors (Lipinski definition) is 0. The van der Waals surface area contributed by atoms with E-state index in [1.54, 1.807) is 0 Å². The molecule has 0 N–H and O–H groups in total. The average Bonchev–Trinajstić information content (AvgIpc) is 2.46. The lowest BCUT2D eigenvalue weighted by molar-refractivity contribution is 0.637. The van der Waals surface area contributed by atoms with Crippen LogP contribution >= 0.6 is 0 Å². The van der Waals surface area contributed by atoms with Gasteiger partial charge in [0.1, 0.15) is 0 Å². The minimum atomic E-state index is 1.14. The molecule has 0 spiro atoms. The summed E-state index contributed by atoms with van der Waals surface area (Å²) in [4.78, 5) is 0. The van der Waals surface area contributed by atoms with Crippen LogP contribution in [-0.4, -0.2) is 0 Å². The van der Waals surface area contributed by atoms with E-state index in [4.69, 9.17) is 0 Å². The molecule has 1 aromatic rings. The maximum Gasteiger partial charge on any atom is -0.0260 e. The Morgan fingerprint density at radius 2 is 1.42 bits per heavy atom. The molecule has 0 saturated heterocycles. The molecule has 0 aliphatic carbocycles. The Bertz CT molecular complexity index is 346. The van der Waals surface area contributed by atoms with E-state index < -0.39 is 0 Å². The van der Waals surface area contributed by atoms with Crippen molar-refractivity contribution in [2.45, 2.75) is 58.3 Å². The number of rotatable bonds is 10. The molecule has 0 saturated carbocycles. The first-order valence-electron chi connectivity index (χ1n) is 7.80. The van der Waals surface area contributed by atoms with Gasteiger partial charge in [0.25, 0.3) is 0 Å². The van der Waals surface area contributed by atoms with Crippen molar-refractivity contribution in [2.75, 3.05) is 0 Å². The van der Waals surface area contributed by atoms with Gasteiger partial charge in [0, 0.05) is 0 Å². The van der Waals surface area contributed by atoms with E-state index in [1.807, 2.05) is 0 Å². The molecule has 1 rings (SSSR count). The highest BCUT2D eigenvalue weighted by Crippen LogP contribution is 2.06. The molecule has 104 valence electrons. The highest BCUT2D eigenvalue weighted by molar-refractivity contribution is 5.48. The second-order valence-corrected chi connectivity index (χ2v) is 5.06. The summed E-state index contributed by atoms with van der Waals surface area (Å²) in [6.07, 6.45) is 19.6. The van der Waals surface area contributed by atoms with Crippen LogP contribution in [0.2, 0.25) is 0 Å². The molecule has 0 unspecified atom stereocenters. The first kappa shape index (κ1) is 15.8. The van der Waals surface area contributed by atoms with Crippen molar-refractivity contribution in [3.05, 3.63) is 54.1 Å². The minimum Gasteiger partial charge on any atom is -0.0885 e. The molecule has 0 atom stereocenters. The van der Waals surface area contributed by atoms with Gasteiger partial charge in [0.15, 0.2) is 0 Å². The summed E-state index contributed by atoms with van der Waals surface area (Å²) in [5.74, 6) is 0. The molecular formula is C19H28. The predicted molar refractivity (Wildman–Crippen MR) is 87.2 cm³/mol. The molecule has 0 nitrogen and oxygen atoms in total. The molecule has 0 bridgehead atoms. The highest BCUT2D eigenvalue weighted by atomic mass is 13.9. The van der Waals surface area contributed by atoms with Crippen molar-refractivity contribution in [1.82, 2.24) is 0 Å². The number of unbranched alkanes of at least 4 members (excludes halogenated alkanes) is 6. The van der Waals surface area contributed by atoms with Gasteiger partial charge in [-0.05, 0) is 31.2 Å². The molecule has 0 aliphatic rings. The van der Waals surface area contributed by atoms with E-state index >= 15 is 0 Å². The molecule has 1 aromatic carbocycles. The summed E-state index contributed by atoms with van der Waals surface area (Å²) >= 11 is 0. The maximum atomic E-state index is 2.35. The fourth-order valence-corrected chi connectivity index (χ4v) is 2.08. The van der Waals surface area contributed by atoms with E-state index in [9.17, 15) is 0 Å². The van der Waals surface area contributed by atoms with Gasteiger partial charge in [-0.1, -0.05) is 87.2 Å². The Balaban J connectivity index is 1.97. The van der Waals surface area contributed by atoms with Crippen LogP contribution in [0.15, 0.2) is 48.6 Å². The van der Waals surface area contributed by atoms with Crippen LogP contribution in [-0.2, 0) is 0 Å². The summed E-state index contributed by atoms with van der Waals surface area (Å²) in [5.41, 5.74) is 1.29. The van der Waals surface area contributed by atoms with Crippen LogP contribution in [0, 0.1) is 0 Å². The normalized spacial score (nSPS) is 11.6. The van der Waals surface area contributed by atoms with Gasteiger partial charge in [-0.3, -0.25) is 0 Å². The lowest BCUT2D eigenvalue weighted by atomic mass is 10.1. The molecule has 0 fully saturated rings. The fraction of sp³-hybridized carbons (Fsp3) is 0.474. The smallest absolute Gasteiger partial charge is 0.0260 e. The number of benzene rings is 1. The zero-order chi connectivity index (χ0) is 13.6. The van der Waals surface area contributed by atoms with Gasteiger partial charge in [0.05, 0.1) is 0 Å². The topological polar surface area (TPSA) is 0 Å². The van der Waals surface area contributed by atoms with Crippen LogP contribution in [0.4, 0.5) is 0 Å². The van der Waals surface area contributed by atoms with E-state index in [0.29, 0.717) is 0 Å². The zero-order valence-corrected chi connectivity index (χ0v) is 12.4. The van der Waals surface area contributed by atoms with Crippen LogP contribution < -0.4 is 0 Å². The van der Waals surface area contributed by atoms with Gasteiger partial charge in [-0.15, -0.1) is 0 Å². The SMILES string of the molecule is CCCCCCC/C=C/CC/C=C/c1ccccc1. The minimum absolute atomic E-state index is 1.14. The van der Waals surface area contributed by atoms with E-state index in [1.165, 1.54) is 44.1 Å². The first-order chi connectivity index (χ1) is 9.43. The van der Waals surface area contributed by atoms with Crippen molar-refractivity contribution in [3.63, 3.8) is 0 Å². The maximum absolute atomic E-state index is 2.35. The van der Waals surface area contributed by atoms with Crippen LogP contribution in [0.1, 0.15) is 63.9 Å². The third kappa shape index (κ3) is 9.30. The Hall–Kier alpha value is -1.30. The summed E-state index contributed by atoms with van der Waals surface area (Å²) in [6, 6.07) is 10.5. The van der Waals surface area contributed by atoms with Crippen molar-refractivity contribution < 1.29 is 0 Å². The quantitative estimate of drug-likeness (QED) is 0.336. The lowest BCUT2D eigenvalue weighted by Crippen LogP contribution is -1.76. The Morgan fingerprint density at radius 1 is 0.737 bits per heavy atom. The number of hydrogen-bond donors (Lipinski definition) is 0. The summed E-state index contributed by atoms with van der Waals surface area (Å²) in [6.45, 7) is 2.27. The van der Waals surface area contributed by atoms with E-state index in [2.05, 4.69) is 61.6 Å². The summed E-state index contributed by atoms with van der Waals surface area (Å²) in [5, 5.41) is 0. The Labute approximate surface area is 119 Å². The van der Waals surface area contributed by atoms with Crippen molar-refractivity contribution >= 4 is 6.08 Å². The van der Waals surface area contributed by atoms with Gasteiger partial charge >= 0.3 is 0 Å². The zero-order valence-electron chi connectivity index (χ0n) is 12.4. The van der Waals surface area contributed by atoms with Crippen molar-refractivity contribution in [2.24, 2.45) is 0 Å². The Kier molecular flexibility index (Phi) is 9.76.